The SMILES string of the molecule is CN(C)C1=NC2CC(O)C(CO)CC2O1. The van der Waals surface area contributed by atoms with Gasteiger partial charge in [0.2, 0.25) is 0 Å². The monoisotopic (exact) mass is 214 g/mol. The number of hydrogen-bond acceptors (Lipinski definition) is 5. The van der Waals surface area contributed by atoms with Gasteiger partial charge in [-0.25, -0.2) is 4.99 Å². The van der Waals surface area contributed by atoms with Crippen LogP contribution in [-0.4, -0.2) is 60.1 Å². The van der Waals surface area contributed by atoms with Crippen LogP contribution in [0, 0.1) is 5.92 Å². The number of aliphatic hydroxyl groups excluding tert-OH is 2. The van der Waals surface area contributed by atoms with Gasteiger partial charge in [-0.05, 0) is 12.8 Å². The first-order valence-electron chi connectivity index (χ1n) is 5.32. The summed E-state index contributed by atoms with van der Waals surface area (Å²) < 4.78 is 5.66. The first-order valence-corrected chi connectivity index (χ1v) is 5.32. The Kier molecular flexibility index (Phi) is 2.84. The quantitative estimate of drug-likeness (QED) is 0.614. The zero-order valence-corrected chi connectivity index (χ0v) is 9.13. The van der Waals surface area contributed by atoms with Crippen molar-refractivity contribution in [2.45, 2.75) is 31.1 Å². The molecule has 0 bridgehead atoms. The van der Waals surface area contributed by atoms with E-state index >= 15 is 0 Å². The predicted molar refractivity (Wildman–Crippen MR) is 55.6 cm³/mol. The van der Waals surface area contributed by atoms with Crippen molar-refractivity contribution in [1.82, 2.24) is 4.90 Å². The summed E-state index contributed by atoms with van der Waals surface area (Å²) in [5.74, 6) is -0.0667. The smallest absolute Gasteiger partial charge is 0.287 e. The van der Waals surface area contributed by atoms with Crippen LogP contribution in [0.3, 0.4) is 0 Å². The molecule has 5 nitrogen and oxygen atoms in total. The molecular weight excluding hydrogens is 196 g/mol. The predicted octanol–water partition coefficient (Wildman–Crippen LogP) is -0.565. The maximum absolute atomic E-state index is 9.74. The Morgan fingerprint density at radius 2 is 2.20 bits per heavy atom. The number of rotatable bonds is 1. The van der Waals surface area contributed by atoms with E-state index in [1.807, 2.05) is 19.0 Å². The third-order valence-electron chi connectivity index (χ3n) is 3.14. The number of hydrogen-bond donors (Lipinski definition) is 2. The number of aliphatic hydroxyl groups is 2. The van der Waals surface area contributed by atoms with E-state index in [-0.39, 0.29) is 24.7 Å². The molecule has 0 aromatic heterocycles. The summed E-state index contributed by atoms with van der Waals surface area (Å²) in [6.45, 7) is 0.0189. The van der Waals surface area contributed by atoms with Crippen molar-refractivity contribution in [3.05, 3.63) is 0 Å². The molecule has 1 fully saturated rings. The van der Waals surface area contributed by atoms with Crippen LogP contribution in [0.2, 0.25) is 0 Å². The van der Waals surface area contributed by atoms with Gasteiger partial charge in [-0.2, -0.15) is 0 Å². The molecule has 86 valence electrons. The molecule has 15 heavy (non-hydrogen) atoms. The summed E-state index contributed by atoms with van der Waals surface area (Å²) in [4.78, 5) is 6.24. The van der Waals surface area contributed by atoms with E-state index in [1.165, 1.54) is 0 Å². The van der Waals surface area contributed by atoms with Crippen molar-refractivity contribution in [3.63, 3.8) is 0 Å². The number of fused-ring (bicyclic) bond motifs is 1. The van der Waals surface area contributed by atoms with E-state index in [2.05, 4.69) is 4.99 Å². The van der Waals surface area contributed by atoms with Crippen LogP contribution < -0.4 is 0 Å². The Balaban J connectivity index is 2.04. The summed E-state index contributed by atoms with van der Waals surface area (Å²) in [7, 11) is 3.77. The van der Waals surface area contributed by atoms with E-state index in [4.69, 9.17) is 9.84 Å². The fraction of sp³-hybridized carbons (Fsp3) is 0.900. The van der Waals surface area contributed by atoms with Gasteiger partial charge in [0, 0.05) is 26.6 Å². The van der Waals surface area contributed by atoms with Crippen LogP contribution >= 0.6 is 0 Å². The third-order valence-corrected chi connectivity index (χ3v) is 3.14. The standard InChI is InChI=1S/C10H18N2O3/c1-12(2)10-11-7-4-8(14)6(5-13)3-9(7)15-10/h6-9,13-14H,3-5H2,1-2H3. The fourth-order valence-electron chi connectivity index (χ4n) is 2.19. The lowest BCUT2D eigenvalue weighted by Crippen LogP contribution is -2.41. The molecule has 0 amide bonds. The van der Waals surface area contributed by atoms with E-state index in [9.17, 15) is 5.11 Å². The normalized spacial score (nSPS) is 39.3. The summed E-state index contributed by atoms with van der Waals surface area (Å²) in [6, 6.07) is 0.691. The van der Waals surface area contributed by atoms with Crippen LogP contribution in [-0.2, 0) is 4.74 Å². The number of amidine groups is 1. The lowest BCUT2D eigenvalue weighted by Gasteiger charge is -2.32. The van der Waals surface area contributed by atoms with Crippen LogP contribution in [0.25, 0.3) is 0 Å². The molecule has 0 aromatic rings. The molecule has 2 rings (SSSR count). The van der Waals surface area contributed by atoms with Gasteiger partial charge in [-0.15, -0.1) is 0 Å². The van der Waals surface area contributed by atoms with Crippen LogP contribution in [0.15, 0.2) is 4.99 Å². The first kappa shape index (κ1) is 10.7. The highest BCUT2D eigenvalue weighted by atomic mass is 16.5. The van der Waals surface area contributed by atoms with Crippen LogP contribution in [0.1, 0.15) is 12.8 Å². The van der Waals surface area contributed by atoms with Crippen molar-refractivity contribution in [1.29, 1.82) is 0 Å². The summed E-state index contributed by atoms with van der Waals surface area (Å²) >= 11 is 0. The van der Waals surface area contributed by atoms with Gasteiger partial charge in [0.25, 0.3) is 6.02 Å². The van der Waals surface area contributed by atoms with Crippen LogP contribution in [0.4, 0.5) is 0 Å². The number of ether oxygens (including phenoxy) is 1. The Bertz CT molecular complexity index is 267. The third kappa shape index (κ3) is 1.94. The highest BCUT2D eigenvalue weighted by Crippen LogP contribution is 2.32. The molecule has 0 aromatic carbocycles. The van der Waals surface area contributed by atoms with E-state index in [0.29, 0.717) is 18.9 Å². The Morgan fingerprint density at radius 1 is 1.47 bits per heavy atom. The molecule has 4 unspecified atom stereocenters. The Labute approximate surface area is 89.4 Å². The molecule has 0 radical (unpaired) electrons. The molecule has 1 aliphatic heterocycles. The molecule has 0 spiro atoms. The zero-order valence-electron chi connectivity index (χ0n) is 9.13. The van der Waals surface area contributed by atoms with Crippen molar-refractivity contribution >= 4 is 6.02 Å². The molecule has 0 saturated heterocycles. The topological polar surface area (TPSA) is 65.3 Å². The molecule has 5 heteroatoms. The van der Waals surface area contributed by atoms with Gasteiger partial charge in [0.1, 0.15) is 6.10 Å². The van der Waals surface area contributed by atoms with Gasteiger partial charge in [0.05, 0.1) is 12.1 Å². The zero-order chi connectivity index (χ0) is 11.0. The average molecular weight is 214 g/mol. The van der Waals surface area contributed by atoms with Crippen molar-refractivity contribution in [3.8, 4) is 0 Å². The number of nitrogens with zero attached hydrogens (tertiary/aromatic N) is 2. The van der Waals surface area contributed by atoms with E-state index < -0.39 is 6.10 Å². The minimum absolute atomic E-state index is 0.0189. The molecule has 1 saturated carbocycles. The van der Waals surface area contributed by atoms with E-state index in [0.717, 1.165) is 0 Å². The lowest BCUT2D eigenvalue weighted by molar-refractivity contribution is -0.0123. The van der Waals surface area contributed by atoms with Crippen LogP contribution in [0.5, 0.6) is 0 Å². The molecule has 2 aliphatic rings. The van der Waals surface area contributed by atoms with Crippen molar-refractivity contribution in [2.24, 2.45) is 10.9 Å². The fourth-order valence-corrected chi connectivity index (χ4v) is 2.19. The maximum atomic E-state index is 9.74. The highest BCUT2D eigenvalue weighted by molar-refractivity contribution is 5.75. The largest absolute Gasteiger partial charge is 0.460 e. The average Bonchev–Trinajstić information content (AvgIpc) is 2.59. The lowest BCUT2D eigenvalue weighted by atomic mass is 9.82. The minimum atomic E-state index is -0.454. The summed E-state index contributed by atoms with van der Waals surface area (Å²) in [6.07, 6.45) is 0.851. The Hall–Kier alpha value is -0.810. The summed E-state index contributed by atoms with van der Waals surface area (Å²) in [5.41, 5.74) is 0. The summed E-state index contributed by atoms with van der Waals surface area (Å²) in [5, 5.41) is 18.8. The van der Waals surface area contributed by atoms with Crippen molar-refractivity contribution < 1.29 is 14.9 Å². The van der Waals surface area contributed by atoms with Gasteiger partial charge in [-0.1, -0.05) is 0 Å². The highest BCUT2D eigenvalue weighted by Gasteiger charge is 2.41. The first-order chi connectivity index (χ1) is 7.11. The molecular formula is C10H18N2O3. The molecule has 1 heterocycles. The molecule has 4 atom stereocenters. The second-order valence-electron chi connectivity index (χ2n) is 4.51. The minimum Gasteiger partial charge on any atom is -0.460 e. The molecule has 2 N–H and O–H groups in total. The second-order valence-corrected chi connectivity index (χ2v) is 4.51. The van der Waals surface area contributed by atoms with Gasteiger partial charge >= 0.3 is 0 Å². The van der Waals surface area contributed by atoms with Gasteiger partial charge < -0.3 is 19.8 Å². The maximum Gasteiger partial charge on any atom is 0.287 e. The second kappa shape index (κ2) is 3.98. The number of aliphatic imine (C=N–C) groups is 1. The van der Waals surface area contributed by atoms with Gasteiger partial charge in [0.15, 0.2) is 0 Å². The van der Waals surface area contributed by atoms with Gasteiger partial charge in [-0.3, -0.25) is 0 Å². The van der Waals surface area contributed by atoms with Crippen molar-refractivity contribution in [2.75, 3.05) is 20.7 Å². The molecule has 1 aliphatic carbocycles. The Morgan fingerprint density at radius 3 is 2.80 bits per heavy atom. The van der Waals surface area contributed by atoms with E-state index in [1.54, 1.807) is 0 Å².